The summed E-state index contributed by atoms with van der Waals surface area (Å²) in [5, 5.41) is 14.5. The van der Waals surface area contributed by atoms with E-state index in [1.807, 2.05) is 66.7 Å². The number of aryl methyl sites for hydroxylation is 1. The first-order valence-corrected chi connectivity index (χ1v) is 10.8. The number of amides is 1. The normalized spacial score (nSPS) is 11.2. The van der Waals surface area contributed by atoms with E-state index in [9.17, 15) is 14.4 Å². The molecule has 0 aliphatic rings. The lowest BCUT2D eigenvalue weighted by molar-refractivity contribution is -0.112. The largest absolute Gasteiger partial charge is 0.321 e. The van der Waals surface area contributed by atoms with Crippen molar-refractivity contribution in [2.75, 3.05) is 5.32 Å². The summed E-state index contributed by atoms with van der Waals surface area (Å²) < 4.78 is 14.3. The fourth-order valence-corrected chi connectivity index (χ4v) is 3.83. The molecule has 3 nitrogen and oxygen atoms in total. The third-order valence-electron chi connectivity index (χ3n) is 5.67. The van der Waals surface area contributed by atoms with Gasteiger partial charge in [0.05, 0.1) is 0 Å². The fraction of sp³-hybridized carbons (Fsp3) is 0.103. The Morgan fingerprint density at radius 2 is 1.67 bits per heavy atom. The van der Waals surface area contributed by atoms with Crippen molar-refractivity contribution < 1.29 is 9.18 Å². The van der Waals surface area contributed by atoms with Gasteiger partial charge in [0.1, 0.15) is 17.5 Å². The van der Waals surface area contributed by atoms with Crippen molar-refractivity contribution in [1.29, 1.82) is 5.26 Å². The van der Waals surface area contributed by atoms with Gasteiger partial charge in [-0.2, -0.15) is 5.26 Å². The molecule has 0 saturated carbocycles. The quantitative estimate of drug-likeness (QED) is 0.272. The zero-order chi connectivity index (χ0) is 23.2. The number of nitriles is 1. The maximum absolute atomic E-state index is 14.3. The zero-order valence-corrected chi connectivity index (χ0v) is 18.3. The summed E-state index contributed by atoms with van der Waals surface area (Å²) in [6.45, 7) is 2.06. The van der Waals surface area contributed by atoms with Crippen LogP contribution in [0.1, 0.15) is 29.2 Å². The third-order valence-corrected chi connectivity index (χ3v) is 5.67. The summed E-state index contributed by atoms with van der Waals surface area (Å²) in [6, 6.07) is 27.9. The van der Waals surface area contributed by atoms with Crippen LogP contribution >= 0.6 is 0 Å². The lowest BCUT2D eigenvalue weighted by Crippen LogP contribution is -2.13. The predicted octanol–water partition coefficient (Wildman–Crippen LogP) is 6.68. The number of nitrogens with one attached hydrogen (secondary N) is 1. The molecule has 0 atom stereocenters. The first-order valence-electron chi connectivity index (χ1n) is 10.8. The number of halogens is 1. The highest BCUT2D eigenvalue weighted by Crippen LogP contribution is 2.28. The van der Waals surface area contributed by atoms with Crippen LogP contribution in [-0.4, -0.2) is 5.91 Å². The van der Waals surface area contributed by atoms with E-state index in [0.29, 0.717) is 17.7 Å². The molecule has 4 aromatic carbocycles. The van der Waals surface area contributed by atoms with Crippen molar-refractivity contribution in [3.8, 4) is 6.07 Å². The maximum Gasteiger partial charge on any atom is 0.266 e. The van der Waals surface area contributed by atoms with Crippen molar-refractivity contribution >= 4 is 28.4 Å². The van der Waals surface area contributed by atoms with E-state index in [1.165, 1.54) is 6.07 Å². The van der Waals surface area contributed by atoms with E-state index in [-0.39, 0.29) is 11.4 Å². The van der Waals surface area contributed by atoms with Crippen molar-refractivity contribution in [1.82, 2.24) is 0 Å². The zero-order valence-electron chi connectivity index (χ0n) is 18.3. The Bertz CT molecular complexity index is 1380. The highest BCUT2D eigenvalue weighted by Gasteiger charge is 2.14. The molecule has 0 fully saturated rings. The molecular weight excluding hydrogens is 411 g/mol. The lowest BCUT2D eigenvalue weighted by atomic mass is 9.93. The van der Waals surface area contributed by atoms with Gasteiger partial charge in [-0.25, -0.2) is 4.39 Å². The van der Waals surface area contributed by atoms with E-state index in [4.69, 9.17) is 0 Å². The molecule has 0 bridgehead atoms. The molecule has 0 spiro atoms. The van der Waals surface area contributed by atoms with Gasteiger partial charge in [-0.05, 0) is 63.7 Å². The average molecular weight is 435 g/mol. The molecule has 0 aliphatic carbocycles. The molecule has 0 saturated heterocycles. The number of hydrogen-bond donors (Lipinski definition) is 1. The van der Waals surface area contributed by atoms with Gasteiger partial charge in [0, 0.05) is 12.1 Å². The van der Waals surface area contributed by atoms with Gasteiger partial charge in [0.15, 0.2) is 0 Å². The van der Waals surface area contributed by atoms with Gasteiger partial charge >= 0.3 is 0 Å². The third kappa shape index (κ3) is 4.99. The Morgan fingerprint density at radius 3 is 2.39 bits per heavy atom. The van der Waals surface area contributed by atoms with Gasteiger partial charge in [0.2, 0.25) is 0 Å². The van der Waals surface area contributed by atoms with Crippen LogP contribution < -0.4 is 5.32 Å². The van der Waals surface area contributed by atoms with E-state index in [2.05, 4.69) is 12.2 Å². The number of carbonyl (C=O) groups is 1. The smallest absolute Gasteiger partial charge is 0.266 e. The highest BCUT2D eigenvalue weighted by atomic mass is 19.1. The Hall–Kier alpha value is -4.23. The van der Waals surface area contributed by atoms with Crippen molar-refractivity contribution in [2.45, 2.75) is 19.8 Å². The first-order chi connectivity index (χ1) is 16.1. The van der Waals surface area contributed by atoms with Gasteiger partial charge in [0.25, 0.3) is 5.91 Å². The summed E-state index contributed by atoms with van der Waals surface area (Å²) in [6.07, 6.45) is 2.86. The summed E-state index contributed by atoms with van der Waals surface area (Å²) in [5.41, 5.74) is 3.92. The molecule has 0 aromatic heterocycles. The molecule has 0 radical (unpaired) electrons. The lowest BCUT2D eigenvalue weighted by Gasteiger charge is -2.12. The Morgan fingerprint density at radius 1 is 0.939 bits per heavy atom. The summed E-state index contributed by atoms with van der Waals surface area (Å²) >= 11 is 0. The van der Waals surface area contributed by atoms with Gasteiger partial charge in [-0.3, -0.25) is 4.79 Å². The second-order valence-corrected chi connectivity index (χ2v) is 7.80. The van der Waals surface area contributed by atoms with Gasteiger partial charge in [-0.15, -0.1) is 0 Å². The molecule has 4 aromatic rings. The number of fused-ring (bicyclic) bond motifs is 1. The molecular formula is C29H23FN2O. The number of anilines is 1. The molecule has 4 heteroatoms. The van der Waals surface area contributed by atoms with Crippen molar-refractivity contribution in [2.24, 2.45) is 0 Å². The summed E-state index contributed by atoms with van der Waals surface area (Å²) in [5.74, 6) is -0.763. The predicted molar refractivity (Wildman–Crippen MR) is 131 cm³/mol. The fourth-order valence-electron chi connectivity index (χ4n) is 3.83. The van der Waals surface area contributed by atoms with Crippen LogP contribution in [0.15, 0.2) is 90.5 Å². The molecule has 0 heterocycles. The standard InChI is InChI=1S/C29H23FN2O/c1-2-20-11-15-25(16-12-20)32-29(33)24(19-31)18-27-22(17-23-8-4-6-10-28(23)30)14-13-21-7-3-5-9-26(21)27/h3-16,18H,2,17H2,1H3,(H,32,33)/b24-18+. The van der Waals surface area contributed by atoms with Crippen LogP contribution in [0, 0.1) is 17.1 Å². The van der Waals surface area contributed by atoms with E-state index in [1.54, 1.807) is 24.3 Å². The first kappa shape index (κ1) is 22.0. The monoisotopic (exact) mass is 434 g/mol. The van der Waals surface area contributed by atoms with Crippen LogP contribution in [0.25, 0.3) is 16.8 Å². The number of rotatable bonds is 6. The topological polar surface area (TPSA) is 52.9 Å². The minimum absolute atomic E-state index is 0.0132. The molecule has 4 rings (SSSR count). The second-order valence-electron chi connectivity index (χ2n) is 7.80. The minimum atomic E-state index is -0.480. The minimum Gasteiger partial charge on any atom is -0.321 e. The summed E-state index contributed by atoms with van der Waals surface area (Å²) in [4.78, 5) is 12.9. The number of benzene rings is 4. The van der Waals surface area contributed by atoms with Gasteiger partial charge < -0.3 is 5.32 Å². The van der Waals surface area contributed by atoms with E-state index >= 15 is 0 Å². The summed E-state index contributed by atoms with van der Waals surface area (Å²) in [7, 11) is 0. The molecule has 0 aliphatic heterocycles. The number of nitrogens with zero attached hydrogens (tertiary/aromatic N) is 1. The van der Waals surface area contributed by atoms with Crippen molar-refractivity contribution in [3.63, 3.8) is 0 Å². The Balaban J connectivity index is 1.74. The Kier molecular flexibility index (Phi) is 6.61. The molecule has 1 N–H and O–H groups in total. The second kappa shape index (κ2) is 9.93. The van der Waals surface area contributed by atoms with Crippen LogP contribution in [0.2, 0.25) is 0 Å². The SMILES string of the molecule is CCc1ccc(NC(=O)/C(C#N)=C/c2c(Cc3ccccc3F)ccc3ccccc23)cc1. The number of hydrogen-bond acceptors (Lipinski definition) is 2. The van der Waals surface area contributed by atoms with E-state index in [0.717, 1.165) is 33.9 Å². The van der Waals surface area contributed by atoms with Crippen molar-refractivity contribution in [3.05, 3.63) is 119 Å². The molecule has 162 valence electrons. The average Bonchev–Trinajstić information content (AvgIpc) is 2.85. The van der Waals surface area contributed by atoms with Gasteiger partial charge in [-0.1, -0.05) is 73.7 Å². The van der Waals surface area contributed by atoms with Crippen LogP contribution in [0.3, 0.4) is 0 Å². The molecule has 1 amide bonds. The van der Waals surface area contributed by atoms with Crippen LogP contribution in [0.5, 0.6) is 0 Å². The molecule has 0 unspecified atom stereocenters. The van der Waals surface area contributed by atoms with Crippen LogP contribution in [0.4, 0.5) is 10.1 Å². The Labute approximate surface area is 192 Å². The van der Waals surface area contributed by atoms with Crippen LogP contribution in [-0.2, 0) is 17.6 Å². The molecule has 33 heavy (non-hydrogen) atoms. The maximum atomic E-state index is 14.3. The van der Waals surface area contributed by atoms with E-state index < -0.39 is 5.91 Å². The highest BCUT2D eigenvalue weighted by molar-refractivity contribution is 6.11. The number of carbonyl (C=O) groups excluding carboxylic acids is 1.